The molecule has 3 rings (SSSR count). The van der Waals surface area contributed by atoms with Gasteiger partial charge >= 0.3 is 0 Å². The molecule has 116 valence electrons. The van der Waals surface area contributed by atoms with Crippen LogP contribution >= 0.6 is 11.8 Å². The van der Waals surface area contributed by atoms with Crippen molar-refractivity contribution in [1.29, 1.82) is 0 Å². The van der Waals surface area contributed by atoms with Crippen molar-refractivity contribution in [3.05, 3.63) is 36.7 Å². The van der Waals surface area contributed by atoms with E-state index in [1.807, 2.05) is 43.0 Å². The molecule has 0 radical (unpaired) electrons. The number of nitrogens with one attached hydrogen (secondary N) is 1. The molecule has 6 heteroatoms. The SMILES string of the molecule is C[C@@H](C(=O)Nc1cccc(-c2ncco2)c1)N1CCSCC1. The first-order valence-electron chi connectivity index (χ1n) is 7.36. The van der Waals surface area contributed by atoms with Crippen molar-refractivity contribution in [3.8, 4) is 11.5 Å². The third-order valence-electron chi connectivity index (χ3n) is 3.78. The molecule has 0 saturated carbocycles. The number of rotatable bonds is 4. The van der Waals surface area contributed by atoms with Gasteiger partial charge in [-0.15, -0.1) is 0 Å². The van der Waals surface area contributed by atoms with Gasteiger partial charge in [0, 0.05) is 35.8 Å². The zero-order valence-corrected chi connectivity index (χ0v) is 13.3. The lowest BCUT2D eigenvalue weighted by Gasteiger charge is -2.31. The first-order valence-corrected chi connectivity index (χ1v) is 8.52. The second-order valence-corrected chi connectivity index (χ2v) is 6.46. The first kappa shape index (κ1) is 15.1. The van der Waals surface area contributed by atoms with Crippen molar-refractivity contribution in [2.45, 2.75) is 13.0 Å². The monoisotopic (exact) mass is 317 g/mol. The molecule has 0 aliphatic carbocycles. The third-order valence-corrected chi connectivity index (χ3v) is 4.72. The summed E-state index contributed by atoms with van der Waals surface area (Å²) in [6.45, 7) is 3.90. The van der Waals surface area contributed by atoms with Crippen LogP contribution in [0.5, 0.6) is 0 Å². The summed E-state index contributed by atoms with van der Waals surface area (Å²) in [7, 11) is 0. The molecule has 0 spiro atoms. The summed E-state index contributed by atoms with van der Waals surface area (Å²) in [5.41, 5.74) is 1.61. The highest BCUT2D eigenvalue weighted by Crippen LogP contribution is 2.21. The van der Waals surface area contributed by atoms with Crippen LogP contribution in [0.1, 0.15) is 6.92 Å². The Labute approximate surface area is 134 Å². The molecule has 1 atom stereocenters. The summed E-state index contributed by atoms with van der Waals surface area (Å²) < 4.78 is 5.29. The van der Waals surface area contributed by atoms with Gasteiger partial charge in [0.1, 0.15) is 6.26 Å². The van der Waals surface area contributed by atoms with Crippen LogP contribution in [0.2, 0.25) is 0 Å². The second-order valence-electron chi connectivity index (χ2n) is 5.23. The van der Waals surface area contributed by atoms with Crippen molar-refractivity contribution in [3.63, 3.8) is 0 Å². The molecular weight excluding hydrogens is 298 g/mol. The van der Waals surface area contributed by atoms with E-state index in [4.69, 9.17) is 4.42 Å². The second kappa shape index (κ2) is 6.98. The number of amides is 1. The Balaban J connectivity index is 1.67. The molecular formula is C16H19N3O2S. The van der Waals surface area contributed by atoms with Crippen molar-refractivity contribution in [2.75, 3.05) is 29.9 Å². The van der Waals surface area contributed by atoms with Gasteiger partial charge in [0.05, 0.1) is 12.2 Å². The number of hydrogen-bond acceptors (Lipinski definition) is 5. The van der Waals surface area contributed by atoms with Gasteiger partial charge in [-0.05, 0) is 25.1 Å². The molecule has 1 saturated heterocycles. The third kappa shape index (κ3) is 3.51. The van der Waals surface area contributed by atoms with Crippen LogP contribution in [0.3, 0.4) is 0 Å². The fourth-order valence-electron chi connectivity index (χ4n) is 2.47. The minimum absolute atomic E-state index is 0.0245. The van der Waals surface area contributed by atoms with E-state index in [0.717, 1.165) is 35.8 Å². The van der Waals surface area contributed by atoms with Gasteiger partial charge in [-0.3, -0.25) is 9.69 Å². The Kier molecular flexibility index (Phi) is 4.80. The Bertz CT molecular complexity index is 624. The number of hydrogen-bond donors (Lipinski definition) is 1. The highest BCUT2D eigenvalue weighted by atomic mass is 32.2. The van der Waals surface area contributed by atoms with E-state index in [0.29, 0.717) is 5.89 Å². The summed E-state index contributed by atoms with van der Waals surface area (Å²) in [6.07, 6.45) is 3.15. The molecule has 1 fully saturated rings. The number of oxazole rings is 1. The van der Waals surface area contributed by atoms with Gasteiger partial charge in [0.25, 0.3) is 0 Å². The van der Waals surface area contributed by atoms with Crippen molar-refractivity contribution in [1.82, 2.24) is 9.88 Å². The number of aromatic nitrogens is 1. The quantitative estimate of drug-likeness (QED) is 0.939. The van der Waals surface area contributed by atoms with E-state index in [2.05, 4.69) is 15.2 Å². The lowest BCUT2D eigenvalue weighted by Crippen LogP contribution is -2.46. The van der Waals surface area contributed by atoms with E-state index in [-0.39, 0.29) is 11.9 Å². The van der Waals surface area contributed by atoms with Gasteiger partial charge in [-0.2, -0.15) is 11.8 Å². The zero-order valence-electron chi connectivity index (χ0n) is 12.5. The average molecular weight is 317 g/mol. The smallest absolute Gasteiger partial charge is 0.241 e. The lowest BCUT2D eigenvalue weighted by atomic mass is 10.2. The lowest BCUT2D eigenvalue weighted by molar-refractivity contribution is -0.120. The molecule has 1 amide bonds. The fraction of sp³-hybridized carbons (Fsp3) is 0.375. The molecule has 1 aliphatic heterocycles. The molecule has 0 unspecified atom stereocenters. The Hall–Kier alpha value is -1.79. The van der Waals surface area contributed by atoms with Crippen LogP contribution in [0.4, 0.5) is 5.69 Å². The summed E-state index contributed by atoms with van der Waals surface area (Å²) in [5.74, 6) is 2.77. The minimum atomic E-state index is -0.119. The average Bonchev–Trinajstić information content (AvgIpc) is 3.10. The van der Waals surface area contributed by atoms with Gasteiger partial charge in [0.15, 0.2) is 0 Å². The van der Waals surface area contributed by atoms with E-state index < -0.39 is 0 Å². The normalized spacial score (nSPS) is 17.1. The van der Waals surface area contributed by atoms with Crippen LogP contribution in [-0.2, 0) is 4.79 Å². The summed E-state index contributed by atoms with van der Waals surface area (Å²) >= 11 is 1.94. The van der Waals surface area contributed by atoms with Gasteiger partial charge in [-0.1, -0.05) is 6.07 Å². The molecule has 2 aromatic rings. The van der Waals surface area contributed by atoms with Crippen molar-refractivity contribution >= 4 is 23.4 Å². The maximum Gasteiger partial charge on any atom is 0.241 e. The Morgan fingerprint density at radius 3 is 2.95 bits per heavy atom. The number of carbonyl (C=O) groups excluding carboxylic acids is 1. The van der Waals surface area contributed by atoms with Gasteiger partial charge in [-0.25, -0.2) is 4.98 Å². The van der Waals surface area contributed by atoms with Crippen LogP contribution in [0.25, 0.3) is 11.5 Å². The van der Waals surface area contributed by atoms with E-state index >= 15 is 0 Å². The van der Waals surface area contributed by atoms with E-state index in [1.165, 1.54) is 6.26 Å². The predicted octanol–water partition coefficient (Wildman–Crippen LogP) is 2.72. The summed E-state index contributed by atoms with van der Waals surface area (Å²) in [6, 6.07) is 7.43. The maximum absolute atomic E-state index is 12.4. The highest BCUT2D eigenvalue weighted by molar-refractivity contribution is 7.99. The maximum atomic E-state index is 12.4. The number of anilines is 1. The molecule has 22 heavy (non-hydrogen) atoms. The van der Waals surface area contributed by atoms with Crippen molar-refractivity contribution in [2.24, 2.45) is 0 Å². The van der Waals surface area contributed by atoms with E-state index in [9.17, 15) is 4.79 Å². The largest absolute Gasteiger partial charge is 0.445 e. The molecule has 1 aliphatic rings. The number of benzene rings is 1. The van der Waals surface area contributed by atoms with E-state index in [1.54, 1.807) is 6.20 Å². The topological polar surface area (TPSA) is 58.4 Å². The van der Waals surface area contributed by atoms with Crippen LogP contribution in [0, 0.1) is 0 Å². The number of nitrogens with zero attached hydrogens (tertiary/aromatic N) is 2. The van der Waals surface area contributed by atoms with Crippen LogP contribution in [-0.4, -0.2) is 46.4 Å². The fourth-order valence-corrected chi connectivity index (χ4v) is 3.40. The van der Waals surface area contributed by atoms with Crippen molar-refractivity contribution < 1.29 is 9.21 Å². The highest BCUT2D eigenvalue weighted by Gasteiger charge is 2.23. The Morgan fingerprint density at radius 2 is 2.23 bits per heavy atom. The summed E-state index contributed by atoms with van der Waals surface area (Å²) in [5, 5.41) is 2.98. The van der Waals surface area contributed by atoms with Crippen LogP contribution in [0.15, 0.2) is 41.1 Å². The Morgan fingerprint density at radius 1 is 1.41 bits per heavy atom. The summed E-state index contributed by atoms with van der Waals surface area (Å²) in [4.78, 5) is 18.8. The minimum Gasteiger partial charge on any atom is -0.445 e. The number of carbonyl (C=O) groups is 1. The first-order chi connectivity index (χ1) is 10.7. The molecule has 1 N–H and O–H groups in total. The molecule has 5 nitrogen and oxygen atoms in total. The molecule has 1 aromatic carbocycles. The number of thioether (sulfide) groups is 1. The predicted molar refractivity (Wildman–Crippen MR) is 88.9 cm³/mol. The molecule has 2 heterocycles. The molecule has 0 bridgehead atoms. The molecule has 1 aromatic heterocycles. The standard InChI is InChI=1S/C16H19N3O2S/c1-12(19-6-9-22-10-7-19)15(20)18-14-4-2-3-13(11-14)16-17-5-8-21-16/h2-5,8,11-12H,6-7,9-10H2,1H3,(H,18,20)/t12-/m0/s1. The zero-order chi connectivity index (χ0) is 15.4. The van der Waals surface area contributed by atoms with Gasteiger partial charge in [0.2, 0.25) is 11.8 Å². The van der Waals surface area contributed by atoms with Crippen LogP contribution < -0.4 is 5.32 Å². The van der Waals surface area contributed by atoms with Gasteiger partial charge < -0.3 is 9.73 Å².